The van der Waals surface area contributed by atoms with Gasteiger partial charge in [-0.25, -0.2) is 8.42 Å². The fourth-order valence-electron chi connectivity index (χ4n) is 3.01. The lowest BCUT2D eigenvalue weighted by Gasteiger charge is -2.32. The van der Waals surface area contributed by atoms with Crippen LogP contribution in [0.4, 0.5) is 0 Å². The van der Waals surface area contributed by atoms with Crippen molar-refractivity contribution in [1.82, 2.24) is 9.62 Å². The average molecular weight is 260 g/mol. The minimum absolute atomic E-state index is 0.199. The number of hydrogen-bond acceptors (Lipinski definition) is 3. The number of nitrogens with zero attached hydrogens (tertiary/aromatic N) is 1. The minimum atomic E-state index is -3.09. The molecule has 0 saturated carbocycles. The third-order valence-electron chi connectivity index (χ3n) is 4.02. The number of nitrogens with one attached hydrogen (secondary N) is 1. The second-order valence-electron chi connectivity index (χ2n) is 5.58. The second kappa shape index (κ2) is 5.24. The van der Waals surface area contributed by atoms with Crippen molar-refractivity contribution in [3.63, 3.8) is 0 Å². The molecule has 2 aliphatic heterocycles. The number of sulfonamides is 1. The van der Waals surface area contributed by atoms with Crippen molar-refractivity contribution in [3.05, 3.63) is 0 Å². The van der Waals surface area contributed by atoms with E-state index in [-0.39, 0.29) is 11.3 Å². The van der Waals surface area contributed by atoms with Crippen LogP contribution in [0.2, 0.25) is 0 Å². The van der Waals surface area contributed by atoms with Crippen molar-refractivity contribution >= 4 is 10.0 Å². The van der Waals surface area contributed by atoms with E-state index >= 15 is 0 Å². The Morgan fingerprint density at radius 1 is 1.24 bits per heavy atom. The smallest absolute Gasteiger partial charge is 0.218 e. The highest BCUT2D eigenvalue weighted by atomic mass is 32.2. The van der Waals surface area contributed by atoms with Crippen LogP contribution in [0.3, 0.4) is 0 Å². The Morgan fingerprint density at radius 2 is 2.00 bits per heavy atom. The topological polar surface area (TPSA) is 49.4 Å². The summed E-state index contributed by atoms with van der Waals surface area (Å²) in [5, 5.41) is 3.00. The van der Waals surface area contributed by atoms with E-state index in [1.165, 1.54) is 0 Å². The molecule has 1 N–H and O–H groups in total. The predicted octanol–water partition coefficient (Wildman–Crippen LogP) is 1.19. The third-order valence-corrected chi connectivity index (χ3v) is 6.37. The summed E-state index contributed by atoms with van der Waals surface area (Å²) in [6.45, 7) is 6.56. The van der Waals surface area contributed by atoms with E-state index in [0.29, 0.717) is 12.5 Å². The molecule has 0 aromatic heterocycles. The van der Waals surface area contributed by atoms with Gasteiger partial charge in [0.15, 0.2) is 0 Å². The Balaban J connectivity index is 2.13. The molecule has 0 amide bonds. The lowest BCUT2D eigenvalue weighted by atomic mass is 10.0. The zero-order valence-electron chi connectivity index (χ0n) is 10.9. The molecule has 2 aliphatic rings. The molecule has 0 bridgehead atoms. The van der Waals surface area contributed by atoms with E-state index in [4.69, 9.17) is 0 Å². The van der Waals surface area contributed by atoms with E-state index in [9.17, 15) is 8.42 Å². The largest absolute Gasteiger partial charge is 0.315 e. The van der Waals surface area contributed by atoms with Gasteiger partial charge in [-0.05, 0) is 38.1 Å². The van der Waals surface area contributed by atoms with Crippen LogP contribution < -0.4 is 5.32 Å². The monoisotopic (exact) mass is 260 g/mol. The SMILES string of the molecule is CC(C)C1CCCN1S(=O)(=O)C1CCCNC1. The maximum Gasteiger partial charge on any atom is 0.218 e. The summed E-state index contributed by atoms with van der Waals surface area (Å²) in [5.41, 5.74) is 0. The molecule has 2 saturated heterocycles. The normalized spacial score (nSPS) is 32.2. The summed E-state index contributed by atoms with van der Waals surface area (Å²) in [6.07, 6.45) is 3.83. The molecule has 2 rings (SSSR count). The molecule has 0 spiro atoms. The Hall–Kier alpha value is -0.130. The van der Waals surface area contributed by atoms with Gasteiger partial charge >= 0.3 is 0 Å². The van der Waals surface area contributed by atoms with Crippen LogP contribution in [0.15, 0.2) is 0 Å². The van der Waals surface area contributed by atoms with Gasteiger partial charge in [-0.2, -0.15) is 4.31 Å². The van der Waals surface area contributed by atoms with Gasteiger partial charge in [0.05, 0.1) is 5.25 Å². The Morgan fingerprint density at radius 3 is 2.59 bits per heavy atom. The molecular formula is C12H24N2O2S. The lowest BCUT2D eigenvalue weighted by Crippen LogP contribution is -2.48. The molecular weight excluding hydrogens is 236 g/mol. The number of rotatable bonds is 3. The summed E-state index contributed by atoms with van der Waals surface area (Å²) < 4.78 is 27.0. The van der Waals surface area contributed by atoms with Crippen LogP contribution in [-0.4, -0.2) is 43.6 Å². The fourth-order valence-corrected chi connectivity index (χ4v) is 5.30. The molecule has 0 aliphatic carbocycles. The van der Waals surface area contributed by atoms with Gasteiger partial charge in [-0.3, -0.25) is 0 Å². The first kappa shape index (κ1) is 13.3. The highest BCUT2D eigenvalue weighted by Gasteiger charge is 2.40. The van der Waals surface area contributed by atoms with Crippen molar-refractivity contribution in [3.8, 4) is 0 Å². The zero-order chi connectivity index (χ0) is 12.5. The summed E-state index contributed by atoms with van der Waals surface area (Å²) >= 11 is 0. The number of piperidine rings is 1. The second-order valence-corrected chi connectivity index (χ2v) is 7.74. The quantitative estimate of drug-likeness (QED) is 0.829. The van der Waals surface area contributed by atoms with Crippen LogP contribution >= 0.6 is 0 Å². The van der Waals surface area contributed by atoms with Gasteiger partial charge in [-0.1, -0.05) is 13.8 Å². The number of hydrogen-bond donors (Lipinski definition) is 1. The maximum absolute atomic E-state index is 12.6. The first-order chi connectivity index (χ1) is 8.03. The van der Waals surface area contributed by atoms with Crippen LogP contribution in [-0.2, 0) is 10.0 Å². The van der Waals surface area contributed by atoms with E-state index in [0.717, 1.165) is 38.8 Å². The molecule has 2 atom stereocenters. The van der Waals surface area contributed by atoms with Crippen LogP contribution in [0.5, 0.6) is 0 Å². The summed E-state index contributed by atoms with van der Waals surface area (Å²) in [4.78, 5) is 0. The molecule has 0 aromatic carbocycles. The molecule has 0 aromatic rings. The predicted molar refractivity (Wildman–Crippen MR) is 69.4 cm³/mol. The molecule has 100 valence electrons. The molecule has 0 radical (unpaired) electrons. The zero-order valence-corrected chi connectivity index (χ0v) is 11.7. The van der Waals surface area contributed by atoms with E-state index in [1.807, 2.05) is 0 Å². The van der Waals surface area contributed by atoms with Crippen LogP contribution in [0, 0.1) is 5.92 Å². The first-order valence-electron chi connectivity index (χ1n) is 6.75. The van der Waals surface area contributed by atoms with E-state index in [1.54, 1.807) is 4.31 Å². The summed E-state index contributed by atoms with van der Waals surface area (Å²) in [6, 6.07) is 0.224. The van der Waals surface area contributed by atoms with Crippen LogP contribution in [0.25, 0.3) is 0 Å². The summed E-state index contributed by atoms with van der Waals surface area (Å²) in [7, 11) is -3.09. The minimum Gasteiger partial charge on any atom is -0.315 e. The van der Waals surface area contributed by atoms with Gasteiger partial charge in [0.1, 0.15) is 0 Å². The van der Waals surface area contributed by atoms with Gasteiger partial charge in [0, 0.05) is 19.1 Å². The molecule has 17 heavy (non-hydrogen) atoms. The van der Waals surface area contributed by atoms with E-state index < -0.39 is 10.0 Å². The molecule has 4 nitrogen and oxygen atoms in total. The Kier molecular flexibility index (Phi) is 4.10. The highest BCUT2D eigenvalue weighted by molar-refractivity contribution is 7.89. The van der Waals surface area contributed by atoms with Gasteiger partial charge < -0.3 is 5.32 Å². The van der Waals surface area contributed by atoms with Crippen LogP contribution in [0.1, 0.15) is 39.5 Å². The van der Waals surface area contributed by atoms with Crippen molar-refractivity contribution < 1.29 is 8.42 Å². The fraction of sp³-hybridized carbons (Fsp3) is 1.00. The highest BCUT2D eigenvalue weighted by Crippen LogP contribution is 2.29. The Bertz CT molecular complexity index is 348. The first-order valence-corrected chi connectivity index (χ1v) is 8.25. The molecule has 2 unspecified atom stereocenters. The van der Waals surface area contributed by atoms with Crippen molar-refractivity contribution in [2.75, 3.05) is 19.6 Å². The van der Waals surface area contributed by atoms with Gasteiger partial charge in [-0.15, -0.1) is 0 Å². The molecule has 2 fully saturated rings. The Labute approximate surface area is 105 Å². The average Bonchev–Trinajstić information content (AvgIpc) is 2.80. The van der Waals surface area contributed by atoms with Gasteiger partial charge in [0.25, 0.3) is 0 Å². The van der Waals surface area contributed by atoms with Crippen molar-refractivity contribution in [2.24, 2.45) is 5.92 Å². The van der Waals surface area contributed by atoms with E-state index in [2.05, 4.69) is 19.2 Å². The molecule has 5 heteroatoms. The van der Waals surface area contributed by atoms with Crippen molar-refractivity contribution in [1.29, 1.82) is 0 Å². The van der Waals surface area contributed by atoms with Crippen molar-refractivity contribution in [2.45, 2.75) is 50.8 Å². The maximum atomic E-state index is 12.6. The lowest BCUT2D eigenvalue weighted by molar-refractivity contribution is 0.308. The van der Waals surface area contributed by atoms with Gasteiger partial charge in [0.2, 0.25) is 10.0 Å². The third kappa shape index (κ3) is 2.66. The standard InChI is InChI=1S/C12H24N2O2S/c1-10(2)12-6-4-8-14(12)17(15,16)11-5-3-7-13-9-11/h10-13H,3-9H2,1-2H3. The molecule has 2 heterocycles. The summed E-state index contributed by atoms with van der Waals surface area (Å²) in [5.74, 6) is 0.420.